The zero-order valence-electron chi connectivity index (χ0n) is 45.7. The van der Waals surface area contributed by atoms with Gasteiger partial charge in [0, 0.05) is 14.6 Å². The van der Waals surface area contributed by atoms with E-state index in [0.717, 1.165) is 23.9 Å². The molecule has 0 aliphatic heterocycles. The van der Waals surface area contributed by atoms with E-state index in [1.807, 2.05) is 0 Å². The Balaban J connectivity index is 3.09. The molecule has 0 aromatic rings. The SMILES string of the molecule is [B][P+]([B])(C)PPPPPPPPPPPPPPPPPPPPPPPPPPPPPPPPPPPPPPPPPPPPPPPPPPPPPPPPPPPPPPPPPPPPPPPPPPPPPPPPPPPPPP. The van der Waals surface area contributed by atoms with Gasteiger partial charge in [-0.1, -0.05) is 667 Å². The lowest BCUT2D eigenvalue weighted by molar-refractivity contribution is 2.48. The third kappa shape index (κ3) is 126. The standard InChI is InChI=1S/CH90B2P87/c1-90(2,3)89-88-87-86-85-84-83-82-81-80-79-78-77-76-75-74-73-72-71-70-69-68-67-66-65-64-63-62-61-60-59-58-57-56-55-54-53-52-51-50-49-48-47-46-45-44-43-42-41-40-39-38-37-36-35-34-33-32-31-30-29-28-27-26-25-24-23-22-21-20-19-18-17-16-15-14-13-12-11-10-9-8-7-6-5-4/h5-89H,4H2,1H3/q+1. The Bertz CT molecular complexity index is 1200. The Labute approximate surface area is 702 Å². The van der Waals surface area contributed by atoms with Crippen LogP contribution in [-0.4, -0.2) is 21.8 Å². The molecule has 0 nitrogen and oxygen atoms in total. The highest BCUT2D eigenvalue weighted by molar-refractivity contribution is 9.00. The van der Waals surface area contributed by atoms with Gasteiger partial charge in [0.25, 0.3) is 0 Å². The molecule has 0 amide bonds. The van der Waals surface area contributed by atoms with Crippen LogP contribution in [0.4, 0.5) is 0 Å². The largest absolute Gasteiger partial charge is 0.346 e. The molecule has 0 N–H and O–H groups in total. The molecule has 4 radical (unpaired) electrons. The fraction of sp³-hybridized carbons (Fsp3) is 1.00. The molecule has 0 saturated heterocycles. The maximum absolute atomic E-state index is 6.02. The molecular weight excluding hydrogens is 2730 g/mol. The molecule has 0 aromatic heterocycles. The van der Waals surface area contributed by atoms with Gasteiger partial charge in [-0.15, -0.1) is 8.93 Å². The van der Waals surface area contributed by atoms with Crippen molar-refractivity contribution in [2.24, 2.45) is 0 Å². The molecule has 0 fully saturated rings. The molecule has 89 heteroatoms. The highest BCUT2D eigenvalue weighted by Crippen LogP contribution is 2.94. The lowest BCUT2D eigenvalue weighted by Crippen LogP contribution is -1.73. The molecule has 0 spiro atoms. The summed E-state index contributed by atoms with van der Waals surface area (Å²) in [5.41, 5.74) is 0. The second-order valence-electron chi connectivity index (χ2n) is 11.8. The summed E-state index contributed by atoms with van der Waals surface area (Å²) in [6.45, 7) is 0.629. The molecule has 90 heavy (non-hydrogen) atoms. The first-order valence-corrected chi connectivity index (χ1v) is 197. The van der Waals surface area contributed by atoms with Crippen LogP contribution < -0.4 is 0 Å². The van der Waals surface area contributed by atoms with Crippen LogP contribution in [0.3, 0.4) is 0 Å². The van der Waals surface area contributed by atoms with Crippen LogP contribution in [0.25, 0.3) is 0 Å². The highest BCUT2D eigenvalue weighted by Gasteiger charge is 2.17. The molecular formula is CH90B2P87+. The first kappa shape index (κ1) is 128. The Morgan fingerprint density at radius 1 is 0.133 bits per heavy atom. The van der Waals surface area contributed by atoms with Gasteiger partial charge in [-0.3, -0.25) is 0 Å². The molecule has 0 aliphatic carbocycles. The maximum Gasteiger partial charge on any atom is 0.346 e. The van der Waals surface area contributed by atoms with Crippen molar-refractivity contribution in [1.82, 2.24) is 0 Å². The van der Waals surface area contributed by atoms with E-state index in [1.54, 1.807) is 0 Å². The van der Waals surface area contributed by atoms with Crippen molar-refractivity contribution in [1.29, 1.82) is 0 Å². The number of hydrogen-bond acceptors (Lipinski definition) is 0. The molecule has 86 atom stereocenters. The first-order chi connectivity index (χ1) is 44.6. The van der Waals surface area contributed by atoms with Crippen molar-refractivity contribution >= 4 is 707 Å². The average molecular weight is 2820 g/mol. The lowest BCUT2D eigenvalue weighted by atomic mass is 10.7. The zero-order valence-corrected chi connectivity index (χ0v) is 133. The van der Waals surface area contributed by atoms with Gasteiger partial charge >= 0.3 is 15.1 Å². The quantitative estimate of drug-likeness (QED) is 0.0323. The molecule has 0 aliphatic rings. The first-order valence-electron chi connectivity index (χ1n) is 22.5. The van der Waals surface area contributed by atoms with Crippen LogP contribution in [0.5, 0.6) is 0 Å². The predicted octanol–water partition coefficient (Wildman–Crippen LogP) is 51.0. The van der Waals surface area contributed by atoms with E-state index in [1.165, 1.54) is 653 Å². The molecule has 86 unspecified atom stereocenters. The van der Waals surface area contributed by atoms with E-state index in [0.29, 0.717) is 0 Å². The van der Waals surface area contributed by atoms with Crippen LogP contribution in [-0.2, 0) is 0 Å². The summed E-state index contributed by atoms with van der Waals surface area (Å²) in [6, 6.07) is 0. The third-order valence-electron chi connectivity index (χ3n) is 5.49. The molecule has 0 rings (SSSR count). The Kier molecular flexibility index (Phi) is 171. The Hall–Kier alpha value is 37.5. The van der Waals surface area contributed by atoms with E-state index in [-0.39, 0.29) is 0 Å². The molecule has 0 bridgehead atoms. The van der Waals surface area contributed by atoms with E-state index in [2.05, 4.69) is 15.6 Å². The monoisotopic (exact) mass is 2820 g/mol. The van der Waals surface area contributed by atoms with Crippen molar-refractivity contribution in [2.75, 3.05) is 6.66 Å². The van der Waals surface area contributed by atoms with E-state index >= 15 is 0 Å². The minimum absolute atomic E-state index is 0.886. The van der Waals surface area contributed by atoms with Crippen LogP contribution in [0.15, 0.2) is 0 Å². The Morgan fingerprint density at radius 2 is 0.200 bits per heavy atom. The van der Waals surface area contributed by atoms with E-state index in [9.17, 15) is 0 Å². The van der Waals surface area contributed by atoms with Crippen molar-refractivity contribution in [3.05, 3.63) is 0 Å². The van der Waals surface area contributed by atoms with Gasteiger partial charge in [0.2, 0.25) is 0 Å². The topological polar surface area (TPSA) is 0 Å². The van der Waals surface area contributed by atoms with E-state index < -0.39 is 6.71 Å². The summed E-state index contributed by atoms with van der Waals surface area (Å²) in [4.78, 5) is 0. The second-order valence-corrected chi connectivity index (χ2v) is 293. The third-order valence-corrected chi connectivity index (χ3v) is 432. The summed E-state index contributed by atoms with van der Waals surface area (Å²) >= 11 is 0. The summed E-state index contributed by atoms with van der Waals surface area (Å²) < 4.78 is 0. The minimum atomic E-state index is -1.46. The van der Waals surface area contributed by atoms with Crippen molar-refractivity contribution in [3.63, 3.8) is 0 Å². The van der Waals surface area contributed by atoms with Gasteiger partial charge < -0.3 is 0 Å². The second kappa shape index (κ2) is 121. The van der Waals surface area contributed by atoms with Crippen molar-refractivity contribution < 1.29 is 0 Å². The summed E-state index contributed by atoms with van der Waals surface area (Å²) in [5, 5.41) is 0. The smallest absolute Gasteiger partial charge is 0.110 e. The summed E-state index contributed by atoms with van der Waals surface area (Å²) in [7, 11) is 131. The maximum atomic E-state index is 6.02. The summed E-state index contributed by atoms with van der Waals surface area (Å²) in [5.74, 6) is 0. The van der Waals surface area contributed by atoms with Gasteiger partial charge in [-0.05, 0) is 7.96 Å². The van der Waals surface area contributed by atoms with Crippen LogP contribution >= 0.6 is 692 Å². The van der Waals surface area contributed by atoms with Crippen LogP contribution in [0.2, 0.25) is 0 Å². The zero-order chi connectivity index (χ0) is 64.6. The van der Waals surface area contributed by atoms with Gasteiger partial charge in [-0.2, -0.15) is 0 Å². The predicted molar refractivity (Wildman–Crippen MR) is 741 cm³/mol. The Morgan fingerprint density at radius 3 is 0.267 bits per heavy atom. The summed E-state index contributed by atoms with van der Waals surface area (Å²) in [6.07, 6.45) is 0. The van der Waals surface area contributed by atoms with Gasteiger partial charge in [-0.25, -0.2) is 0 Å². The van der Waals surface area contributed by atoms with Gasteiger partial charge in [0.05, 0.1) is 0 Å². The minimum Gasteiger partial charge on any atom is -0.110 e. The van der Waals surface area contributed by atoms with E-state index in [4.69, 9.17) is 15.1 Å². The van der Waals surface area contributed by atoms with Gasteiger partial charge in [0.1, 0.15) is 0 Å². The van der Waals surface area contributed by atoms with Gasteiger partial charge in [0.15, 0.2) is 0 Å². The average Bonchev–Trinajstić information content (AvgIpc) is 3.54. The fourth-order valence-electron chi connectivity index (χ4n) is 2.72. The molecule has 0 heterocycles. The lowest BCUT2D eigenvalue weighted by Gasteiger charge is -2.11. The fourth-order valence-corrected chi connectivity index (χ4v) is 640. The van der Waals surface area contributed by atoms with Crippen molar-refractivity contribution in [3.8, 4) is 0 Å². The van der Waals surface area contributed by atoms with Crippen molar-refractivity contribution in [2.45, 2.75) is 0 Å². The molecule has 0 aromatic carbocycles. The number of hydrogen-bond donors (Lipinski definition) is 0. The number of rotatable bonds is 85. The van der Waals surface area contributed by atoms with Crippen LogP contribution in [0.1, 0.15) is 0 Å². The highest BCUT2D eigenvalue weighted by atomic mass is 33.1. The molecule has 534 valence electrons. The van der Waals surface area contributed by atoms with Crippen LogP contribution in [0, 0.1) is 0 Å². The molecule has 0 saturated carbocycles. The normalized spacial score (nSPS) is 23.3.